The number of carbonyl (C=O) groups is 2. The molecule has 1 unspecified atom stereocenters. The summed E-state index contributed by atoms with van der Waals surface area (Å²) in [6.45, 7) is 3.02. The highest BCUT2D eigenvalue weighted by Crippen LogP contribution is 2.22. The van der Waals surface area contributed by atoms with Crippen LogP contribution in [0.5, 0.6) is 5.75 Å². The van der Waals surface area contributed by atoms with Gasteiger partial charge in [0, 0.05) is 18.0 Å². The van der Waals surface area contributed by atoms with Gasteiger partial charge < -0.3 is 14.7 Å². The van der Waals surface area contributed by atoms with E-state index in [9.17, 15) is 9.59 Å². The van der Waals surface area contributed by atoms with Crippen LogP contribution in [0.4, 0.5) is 0 Å². The molecule has 1 aliphatic rings. The molecule has 2 aromatic rings. The Bertz CT molecular complexity index is 772. The molecule has 1 fully saturated rings. The zero-order chi connectivity index (χ0) is 18.5. The van der Waals surface area contributed by atoms with Crippen LogP contribution in [0.1, 0.15) is 35.5 Å². The minimum Gasteiger partial charge on any atom is -0.486 e. The van der Waals surface area contributed by atoms with E-state index in [0.717, 1.165) is 23.6 Å². The van der Waals surface area contributed by atoms with Gasteiger partial charge in [-0.05, 0) is 31.9 Å². The normalized spacial score (nSPS) is 16.7. The molecule has 2 heterocycles. The van der Waals surface area contributed by atoms with Crippen LogP contribution in [0.2, 0.25) is 0 Å². The molecule has 0 saturated carbocycles. The molecule has 1 aromatic heterocycles. The SMILES string of the molecule is Cc1ccc(OCc2nc(CC(=O)N3CCCC3CC(=O)O)cs2)cc1. The summed E-state index contributed by atoms with van der Waals surface area (Å²) in [7, 11) is 0. The van der Waals surface area contributed by atoms with Crippen molar-refractivity contribution in [2.75, 3.05) is 6.54 Å². The van der Waals surface area contributed by atoms with Crippen molar-refractivity contribution in [1.82, 2.24) is 9.88 Å². The maximum atomic E-state index is 12.5. The molecule has 26 heavy (non-hydrogen) atoms. The second kappa shape index (κ2) is 8.31. The van der Waals surface area contributed by atoms with Crippen LogP contribution in [0.3, 0.4) is 0 Å². The van der Waals surface area contributed by atoms with Crippen molar-refractivity contribution >= 4 is 23.2 Å². The van der Waals surface area contributed by atoms with Crippen LogP contribution in [-0.4, -0.2) is 39.5 Å². The van der Waals surface area contributed by atoms with Crippen molar-refractivity contribution in [2.24, 2.45) is 0 Å². The average Bonchev–Trinajstić information content (AvgIpc) is 3.23. The van der Waals surface area contributed by atoms with Gasteiger partial charge in [0.1, 0.15) is 17.4 Å². The largest absolute Gasteiger partial charge is 0.486 e. The summed E-state index contributed by atoms with van der Waals surface area (Å²) in [4.78, 5) is 29.6. The van der Waals surface area contributed by atoms with Crippen LogP contribution in [0.15, 0.2) is 29.6 Å². The number of aliphatic carboxylic acids is 1. The molecule has 0 spiro atoms. The molecule has 1 amide bonds. The Morgan fingerprint density at radius 2 is 2.12 bits per heavy atom. The van der Waals surface area contributed by atoms with Gasteiger partial charge in [0.15, 0.2) is 0 Å². The Labute approximate surface area is 156 Å². The zero-order valence-electron chi connectivity index (χ0n) is 14.7. The first-order valence-corrected chi connectivity index (χ1v) is 9.53. The maximum absolute atomic E-state index is 12.5. The number of thiazole rings is 1. The number of ether oxygens (including phenoxy) is 1. The number of rotatable bonds is 7. The summed E-state index contributed by atoms with van der Waals surface area (Å²) in [5, 5.41) is 11.7. The van der Waals surface area contributed by atoms with Crippen molar-refractivity contribution in [1.29, 1.82) is 0 Å². The molecule has 1 aliphatic heterocycles. The monoisotopic (exact) mass is 374 g/mol. The molecule has 7 heteroatoms. The van der Waals surface area contributed by atoms with E-state index in [2.05, 4.69) is 4.98 Å². The number of benzene rings is 1. The lowest BCUT2D eigenvalue weighted by molar-refractivity contribution is -0.139. The number of nitrogens with zero attached hydrogens (tertiary/aromatic N) is 2. The number of carboxylic acid groups (broad SMARTS) is 1. The van der Waals surface area contributed by atoms with Gasteiger partial charge in [-0.25, -0.2) is 4.98 Å². The first-order valence-electron chi connectivity index (χ1n) is 8.65. The van der Waals surface area contributed by atoms with Crippen molar-refractivity contribution in [3.05, 3.63) is 45.9 Å². The third-order valence-electron chi connectivity index (χ3n) is 4.42. The number of carbonyl (C=O) groups excluding carboxylic acids is 1. The molecular weight excluding hydrogens is 352 g/mol. The molecule has 3 rings (SSSR count). The summed E-state index contributed by atoms with van der Waals surface area (Å²) >= 11 is 1.47. The van der Waals surface area contributed by atoms with Crippen LogP contribution < -0.4 is 4.74 Å². The smallest absolute Gasteiger partial charge is 0.305 e. The highest BCUT2D eigenvalue weighted by molar-refractivity contribution is 7.09. The summed E-state index contributed by atoms with van der Waals surface area (Å²) in [6.07, 6.45) is 1.83. The Hall–Kier alpha value is -2.41. The molecule has 0 bridgehead atoms. The van der Waals surface area contributed by atoms with E-state index in [0.29, 0.717) is 18.8 Å². The van der Waals surface area contributed by atoms with Gasteiger partial charge in [0.2, 0.25) is 5.91 Å². The van der Waals surface area contributed by atoms with Gasteiger partial charge in [-0.3, -0.25) is 9.59 Å². The minimum absolute atomic E-state index is 0.0123. The maximum Gasteiger partial charge on any atom is 0.305 e. The van der Waals surface area contributed by atoms with E-state index in [1.165, 1.54) is 16.9 Å². The van der Waals surface area contributed by atoms with E-state index in [1.54, 1.807) is 4.90 Å². The molecule has 0 radical (unpaired) electrons. The number of aromatic nitrogens is 1. The highest BCUT2D eigenvalue weighted by Gasteiger charge is 2.30. The molecule has 1 atom stereocenters. The summed E-state index contributed by atoms with van der Waals surface area (Å²) in [6, 6.07) is 7.63. The van der Waals surface area contributed by atoms with Crippen LogP contribution >= 0.6 is 11.3 Å². The zero-order valence-corrected chi connectivity index (χ0v) is 15.5. The number of likely N-dealkylation sites (tertiary alicyclic amines) is 1. The van der Waals surface area contributed by atoms with Gasteiger partial charge in [0.05, 0.1) is 18.5 Å². The number of carboxylic acids is 1. The standard InChI is InChI=1S/C19H22N2O4S/c1-13-4-6-16(7-5-13)25-11-17-20-14(12-26-17)9-18(22)21-8-2-3-15(21)10-19(23)24/h4-7,12,15H,2-3,8-11H2,1H3,(H,23,24). The topological polar surface area (TPSA) is 79.7 Å². The Morgan fingerprint density at radius 1 is 1.35 bits per heavy atom. The Kier molecular flexibility index (Phi) is 5.88. The van der Waals surface area contributed by atoms with Gasteiger partial charge in [-0.1, -0.05) is 17.7 Å². The minimum atomic E-state index is -0.862. The van der Waals surface area contributed by atoms with Crippen molar-refractivity contribution < 1.29 is 19.4 Å². The van der Waals surface area contributed by atoms with E-state index >= 15 is 0 Å². The predicted molar refractivity (Wildman–Crippen MR) is 98.3 cm³/mol. The average molecular weight is 374 g/mol. The van der Waals surface area contributed by atoms with Gasteiger partial charge >= 0.3 is 5.97 Å². The molecule has 6 nitrogen and oxygen atoms in total. The lowest BCUT2D eigenvalue weighted by atomic mass is 10.1. The summed E-state index contributed by atoms with van der Waals surface area (Å²) in [5.74, 6) is -0.124. The van der Waals surface area contributed by atoms with E-state index in [4.69, 9.17) is 9.84 Å². The van der Waals surface area contributed by atoms with Gasteiger partial charge in [-0.15, -0.1) is 11.3 Å². The second-order valence-corrected chi connectivity index (χ2v) is 7.43. The third kappa shape index (κ3) is 4.82. The van der Waals surface area contributed by atoms with Crippen LogP contribution in [0.25, 0.3) is 0 Å². The van der Waals surface area contributed by atoms with Crippen LogP contribution in [-0.2, 0) is 22.6 Å². The lowest BCUT2D eigenvalue weighted by Gasteiger charge is -2.23. The second-order valence-electron chi connectivity index (χ2n) is 6.49. The number of aryl methyl sites for hydroxylation is 1. The summed E-state index contributed by atoms with van der Waals surface area (Å²) < 4.78 is 5.71. The van der Waals surface area contributed by atoms with Crippen LogP contribution in [0, 0.1) is 6.92 Å². The molecule has 138 valence electrons. The quantitative estimate of drug-likeness (QED) is 0.806. The molecule has 0 aliphatic carbocycles. The Morgan fingerprint density at radius 3 is 2.85 bits per heavy atom. The van der Waals surface area contributed by atoms with E-state index in [1.807, 2.05) is 36.6 Å². The third-order valence-corrected chi connectivity index (χ3v) is 5.29. The lowest BCUT2D eigenvalue weighted by Crippen LogP contribution is -2.37. The number of hydrogen-bond donors (Lipinski definition) is 1. The van der Waals surface area contributed by atoms with Crippen molar-refractivity contribution in [2.45, 2.75) is 45.3 Å². The van der Waals surface area contributed by atoms with Gasteiger partial charge in [0.25, 0.3) is 0 Å². The number of hydrogen-bond acceptors (Lipinski definition) is 5. The summed E-state index contributed by atoms with van der Waals surface area (Å²) in [5.41, 5.74) is 1.89. The molecule has 1 saturated heterocycles. The fraction of sp³-hybridized carbons (Fsp3) is 0.421. The van der Waals surface area contributed by atoms with Crippen molar-refractivity contribution in [3.8, 4) is 5.75 Å². The van der Waals surface area contributed by atoms with E-state index < -0.39 is 5.97 Å². The van der Waals surface area contributed by atoms with Gasteiger partial charge in [-0.2, -0.15) is 0 Å². The first-order chi connectivity index (χ1) is 12.5. The molecule has 1 N–H and O–H groups in total. The fourth-order valence-electron chi connectivity index (χ4n) is 3.11. The van der Waals surface area contributed by atoms with Crippen molar-refractivity contribution in [3.63, 3.8) is 0 Å². The first kappa shape index (κ1) is 18.4. The molecule has 1 aromatic carbocycles. The number of amides is 1. The highest BCUT2D eigenvalue weighted by atomic mass is 32.1. The van der Waals surface area contributed by atoms with E-state index in [-0.39, 0.29) is 24.8 Å². The predicted octanol–water partition coefficient (Wildman–Crippen LogP) is 3.04. The Balaban J connectivity index is 1.53. The molecular formula is C19H22N2O4S. The fourth-order valence-corrected chi connectivity index (χ4v) is 3.82.